The molecule has 0 amide bonds. The molecule has 0 aliphatic heterocycles. The summed E-state index contributed by atoms with van der Waals surface area (Å²) < 4.78 is 0. The molecule has 7 heavy (non-hydrogen) atoms. The lowest BCUT2D eigenvalue weighted by molar-refractivity contribution is -0.141. The van der Waals surface area contributed by atoms with Crippen molar-refractivity contribution in [3.8, 4) is 0 Å². The van der Waals surface area contributed by atoms with Gasteiger partial charge >= 0.3 is 5.97 Å². The van der Waals surface area contributed by atoms with E-state index >= 15 is 0 Å². The Morgan fingerprint density at radius 3 is 2.29 bits per heavy atom. The van der Waals surface area contributed by atoms with Crippen molar-refractivity contribution in [2.45, 2.75) is 20.3 Å². The summed E-state index contributed by atoms with van der Waals surface area (Å²) in [7, 11) is 0. The van der Waals surface area contributed by atoms with Crippen LogP contribution in [0, 0.1) is 5.92 Å². The van der Waals surface area contributed by atoms with E-state index in [0.29, 0.717) is 0 Å². The number of hydrogen-bond acceptors (Lipinski definition) is 1. The molecule has 42 valence electrons. The van der Waals surface area contributed by atoms with E-state index < -0.39 is 5.97 Å². The van der Waals surface area contributed by atoms with Crippen molar-refractivity contribution >= 4 is 5.97 Å². The molecule has 0 bridgehead atoms. The highest BCUT2D eigenvalue weighted by molar-refractivity contribution is 5.69. The highest BCUT2D eigenvalue weighted by Gasteiger charge is 2.14. The maximum absolute atomic E-state index is 10.0. The van der Waals surface area contributed by atoms with Crippen LogP contribution >= 0.6 is 0 Å². The van der Waals surface area contributed by atoms with E-state index in [1.54, 1.807) is 6.92 Å². The highest BCUT2D eigenvalue weighted by atomic mass is 16.4. The summed E-state index contributed by atoms with van der Waals surface area (Å²) in [6, 6.07) is 0. The van der Waals surface area contributed by atoms with Crippen molar-refractivity contribution in [1.82, 2.24) is 0 Å². The van der Waals surface area contributed by atoms with Crippen molar-refractivity contribution < 1.29 is 9.90 Å². The molecule has 2 nitrogen and oxygen atoms in total. The predicted octanol–water partition coefficient (Wildman–Crippen LogP) is 0.284. The van der Waals surface area contributed by atoms with Crippen molar-refractivity contribution in [3.63, 3.8) is 0 Å². The molecule has 1 atom stereocenters. The molecule has 1 unspecified atom stereocenters. The van der Waals surface area contributed by atoms with Crippen molar-refractivity contribution in [2.24, 2.45) is 5.92 Å². The monoisotopic (exact) mass is 103 g/mol. The quantitative estimate of drug-likeness (QED) is 0.463. The molecular weight excluding hydrogens is 92.1 g/mol. The molecule has 0 aliphatic carbocycles. The zero-order chi connectivity index (χ0) is 5.86. The molecule has 0 aliphatic rings. The average Bonchev–Trinajstić information content (AvgIpc) is 1.65. The Bertz CT molecular complexity index is 68.5. The van der Waals surface area contributed by atoms with E-state index in [9.17, 15) is 4.79 Å². The summed E-state index contributed by atoms with van der Waals surface area (Å²) in [6.07, 6.45) is 0.780. The normalized spacial score (nSPS) is 13.4. The van der Waals surface area contributed by atoms with Crippen LogP contribution in [-0.2, 0) is 4.79 Å². The number of carbonyl (C=O) groups excluding carboxylic acids is 1. The van der Waals surface area contributed by atoms with Crippen molar-refractivity contribution in [2.75, 3.05) is 0 Å². The minimum absolute atomic E-state index is 0.0694. The molecule has 0 aromatic rings. The fourth-order valence-electron chi connectivity index (χ4n) is 0.185. The van der Waals surface area contributed by atoms with Crippen molar-refractivity contribution in [1.29, 1.82) is 0 Å². The standard InChI is InChI=1S/C5H10O2/c1-3-4(2)5(6)7/h4H,3H2,1-2H3,(H,6,7)/p+1. The van der Waals surface area contributed by atoms with Gasteiger partial charge in [0.15, 0.2) is 0 Å². The van der Waals surface area contributed by atoms with Crippen LogP contribution in [-0.4, -0.2) is 11.1 Å². The minimum Gasteiger partial charge on any atom is -0.565 e. The number of rotatable bonds is 2. The van der Waals surface area contributed by atoms with Crippen LogP contribution in [0.4, 0.5) is 0 Å². The maximum atomic E-state index is 10.0. The van der Waals surface area contributed by atoms with Gasteiger partial charge in [0.1, 0.15) is 5.92 Å². The van der Waals surface area contributed by atoms with Crippen LogP contribution in [0.2, 0.25) is 0 Å². The Hall–Kier alpha value is -0.530. The van der Waals surface area contributed by atoms with Gasteiger partial charge in [-0.3, -0.25) is 0 Å². The van der Waals surface area contributed by atoms with E-state index in [-0.39, 0.29) is 5.92 Å². The fraction of sp³-hybridized carbons (Fsp3) is 0.800. The van der Waals surface area contributed by atoms with Crippen LogP contribution in [0.3, 0.4) is 0 Å². The molecule has 0 aromatic carbocycles. The Balaban J connectivity index is 3.34. The lowest BCUT2D eigenvalue weighted by atomic mass is 10.1. The van der Waals surface area contributed by atoms with Crippen LogP contribution in [0.1, 0.15) is 20.3 Å². The third-order valence-corrected chi connectivity index (χ3v) is 1.06. The molecular formula is C5H11O2+. The van der Waals surface area contributed by atoms with Crippen LogP contribution < -0.4 is 0 Å². The van der Waals surface area contributed by atoms with Gasteiger partial charge in [0.05, 0.1) is 0 Å². The van der Waals surface area contributed by atoms with Crippen molar-refractivity contribution in [3.05, 3.63) is 0 Å². The van der Waals surface area contributed by atoms with Crippen LogP contribution in [0.25, 0.3) is 0 Å². The Morgan fingerprint density at radius 2 is 2.29 bits per heavy atom. The van der Waals surface area contributed by atoms with E-state index in [0.717, 1.165) is 6.42 Å². The van der Waals surface area contributed by atoms with E-state index in [4.69, 9.17) is 5.11 Å². The Kier molecular flexibility index (Phi) is 2.41. The smallest absolute Gasteiger partial charge is 0.518 e. The molecule has 0 saturated carbocycles. The topological polar surface area (TPSA) is 40.0 Å². The van der Waals surface area contributed by atoms with Crippen LogP contribution in [0.5, 0.6) is 0 Å². The van der Waals surface area contributed by atoms with E-state index in [2.05, 4.69) is 0 Å². The molecule has 0 radical (unpaired) electrons. The lowest BCUT2D eigenvalue weighted by Crippen LogP contribution is -2.06. The summed E-state index contributed by atoms with van der Waals surface area (Å²) >= 11 is 0. The second-order valence-electron chi connectivity index (χ2n) is 1.67. The molecule has 2 N–H and O–H groups in total. The van der Waals surface area contributed by atoms with Gasteiger partial charge in [-0.15, -0.1) is 0 Å². The molecule has 0 heterocycles. The summed E-state index contributed by atoms with van der Waals surface area (Å²) in [5, 5.41) is 6.54. The van der Waals surface area contributed by atoms with Gasteiger partial charge in [0.25, 0.3) is 0 Å². The summed E-state index contributed by atoms with van der Waals surface area (Å²) in [5.41, 5.74) is 0. The zero-order valence-corrected chi connectivity index (χ0v) is 4.69. The first-order chi connectivity index (χ1) is 3.18. The van der Waals surface area contributed by atoms with Gasteiger partial charge < -0.3 is 5.11 Å². The number of hydrogen-bond donors (Lipinski definition) is 0. The Morgan fingerprint density at radius 1 is 1.86 bits per heavy atom. The fourth-order valence-corrected chi connectivity index (χ4v) is 0.185. The summed E-state index contributed by atoms with van der Waals surface area (Å²) in [4.78, 5) is 10.0. The van der Waals surface area contributed by atoms with Gasteiger partial charge in [-0.2, -0.15) is 0 Å². The van der Waals surface area contributed by atoms with Gasteiger partial charge in [-0.05, 0) is 13.3 Å². The van der Waals surface area contributed by atoms with Crippen LogP contribution in [0.15, 0.2) is 0 Å². The first-order valence-corrected chi connectivity index (χ1v) is 2.44. The second kappa shape index (κ2) is 2.61. The third-order valence-electron chi connectivity index (χ3n) is 1.06. The summed E-state index contributed by atoms with van der Waals surface area (Å²) in [5.74, 6) is -0.525. The molecule has 0 spiro atoms. The minimum atomic E-state index is -0.456. The predicted molar refractivity (Wildman–Crippen MR) is 28.1 cm³/mol. The molecule has 0 rings (SSSR count). The van der Waals surface area contributed by atoms with Gasteiger partial charge in [0.2, 0.25) is 0 Å². The highest BCUT2D eigenvalue weighted by Crippen LogP contribution is 1.97. The summed E-state index contributed by atoms with van der Waals surface area (Å²) in [6.45, 7) is 3.66. The first kappa shape index (κ1) is 6.47. The zero-order valence-electron chi connectivity index (χ0n) is 4.69. The van der Waals surface area contributed by atoms with E-state index in [1.807, 2.05) is 6.92 Å². The van der Waals surface area contributed by atoms with E-state index in [1.165, 1.54) is 0 Å². The first-order valence-electron chi connectivity index (χ1n) is 2.44. The largest absolute Gasteiger partial charge is 0.565 e. The molecule has 0 aromatic heterocycles. The lowest BCUT2D eigenvalue weighted by Gasteiger charge is -1.90. The molecule has 0 fully saturated rings. The maximum Gasteiger partial charge on any atom is 0.518 e. The Labute approximate surface area is 43.2 Å². The number of carbonyl (C=O) groups is 1. The molecule has 2 heteroatoms. The van der Waals surface area contributed by atoms with Gasteiger partial charge in [0, 0.05) is 4.79 Å². The SMILES string of the molecule is CCC(C)C(=O)[OH2+]. The second-order valence-corrected chi connectivity index (χ2v) is 1.67. The van der Waals surface area contributed by atoms with Gasteiger partial charge in [-0.25, -0.2) is 0 Å². The van der Waals surface area contributed by atoms with Gasteiger partial charge in [-0.1, -0.05) is 6.92 Å². The molecule has 0 saturated heterocycles. The average molecular weight is 103 g/mol. The third kappa shape index (κ3) is 2.20.